The molecule has 20 heavy (non-hydrogen) atoms. The van der Waals surface area contributed by atoms with E-state index < -0.39 is 0 Å². The molecule has 1 rings (SSSR count). The van der Waals surface area contributed by atoms with Crippen LogP contribution >= 0.6 is 45.2 Å². The van der Waals surface area contributed by atoms with Gasteiger partial charge in [0, 0.05) is 11.6 Å². The molecule has 0 aromatic heterocycles. The molecule has 2 N–H and O–H groups in total. The molecule has 0 aliphatic heterocycles. The highest BCUT2D eigenvalue weighted by Gasteiger charge is 2.13. The zero-order chi connectivity index (χ0) is 15.1. The molecule has 0 heterocycles. The van der Waals surface area contributed by atoms with Gasteiger partial charge in [-0.1, -0.05) is 13.3 Å². The van der Waals surface area contributed by atoms with Gasteiger partial charge < -0.3 is 4.74 Å². The molecule has 0 atom stereocenters. The standard InChI is InChI=1S/C14H20I2N2O2/c1-4-5-6-20-13-11(15)7-10(8-12(13)16)14(19)18-17-9(2)3/h7-9,17H,4-6H2,1-3H3,(H,18,19). The molecule has 6 heteroatoms. The third kappa shape index (κ3) is 5.72. The normalized spacial score (nSPS) is 10.7. The van der Waals surface area contributed by atoms with E-state index in [4.69, 9.17) is 4.74 Å². The fourth-order valence-electron chi connectivity index (χ4n) is 1.43. The van der Waals surface area contributed by atoms with E-state index in [1.807, 2.05) is 26.0 Å². The van der Waals surface area contributed by atoms with Gasteiger partial charge in [0.15, 0.2) is 0 Å². The quantitative estimate of drug-likeness (QED) is 0.340. The molecule has 0 fully saturated rings. The second-order valence-corrected chi connectivity index (χ2v) is 7.05. The lowest BCUT2D eigenvalue weighted by molar-refractivity contribution is 0.0927. The highest BCUT2D eigenvalue weighted by molar-refractivity contribution is 14.1. The molecule has 0 bridgehead atoms. The Morgan fingerprint density at radius 2 is 1.90 bits per heavy atom. The summed E-state index contributed by atoms with van der Waals surface area (Å²) in [6, 6.07) is 3.90. The molecule has 0 aliphatic carbocycles. The Balaban J connectivity index is 2.79. The van der Waals surface area contributed by atoms with E-state index in [0.29, 0.717) is 12.2 Å². The van der Waals surface area contributed by atoms with Gasteiger partial charge in [0.1, 0.15) is 5.75 Å². The predicted octanol–water partition coefficient (Wildman–Crippen LogP) is 3.72. The molecular formula is C14H20I2N2O2. The van der Waals surface area contributed by atoms with Crippen LogP contribution in [-0.4, -0.2) is 18.6 Å². The predicted molar refractivity (Wildman–Crippen MR) is 98.0 cm³/mol. The largest absolute Gasteiger partial charge is 0.491 e. The summed E-state index contributed by atoms with van der Waals surface area (Å²) in [5.74, 6) is 0.739. The third-order valence-electron chi connectivity index (χ3n) is 2.48. The van der Waals surface area contributed by atoms with E-state index in [0.717, 1.165) is 25.7 Å². The minimum absolute atomic E-state index is 0.130. The lowest BCUT2D eigenvalue weighted by atomic mass is 10.2. The number of hydrazine groups is 1. The number of hydrogen-bond donors (Lipinski definition) is 2. The van der Waals surface area contributed by atoms with Crippen LogP contribution in [0.4, 0.5) is 0 Å². The van der Waals surface area contributed by atoms with Gasteiger partial charge in [0.2, 0.25) is 0 Å². The molecule has 1 aromatic rings. The van der Waals surface area contributed by atoms with Crippen LogP contribution in [0, 0.1) is 7.14 Å². The van der Waals surface area contributed by atoms with Gasteiger partial charge >= 0.3 is 0 Å². The van der Waals surface area contributed by atoms with E-state index in [1.54, 1.807) is 0 Å². The second-order valence-electron chi connectivity index (χ2n) is 4.72. The van der Waals surface area contributed by atoms with Crippen LogP contribution in [0.1, 0.15) is 44.0 Å². The first-order valence-corrected chi connectivity index (χ1v) is 8.79. The number of carbonyl (C=O) groups excluding carboxylic acids is 1. The van der Waals surface area contributed by atoms with Crippen LogP contribution in [-0.2, 0) is 0 Å². The topological polar surface area (TPSA) is 50.4 Å². The second kappa shape index (κ2) is 9.04. The summed E-state index contributed by atoms with van der Waals surface area (Å²) >= 11 is 4.42. The Labute approximate surface area is 147 Å². The van der Waals surface area contributed by atoms with Crippen LogP contribution in [0.2, 0.25) is 0 Å². The van der Waals surface area contributed by atoms with Gasteiger partial charge in [0.05, 0.1) is 13.7 Å². The maximum Gasteiger partial charge on any atom is 0.265 e. The number of halogens is 2. The van der Waals surface area contributed by atoms with Crippen molar-refractivity contribution in [2.75, 3.05) is 6.61 Å². The number of carbonyl (C=O) groups is 1. The van der Waals surface area contributed by atoms with Gasteiger partial charge in [-0.25, -0.2) is 5.43 Å². The molecule has 0 radical (unpaired) electrons. The number of unbranched alkanes of at least 4 members (excludes halogenated alkanes) is 1. The van der Waals surface area contributed by atoms with Crippen molar-refractivity contribution in [3.63, 3.8) is 0 Å². The van der Waals surface area contributed by atoms with Crippen molar-refractivity contribution in [2.45, 2.75) is 39.7 Å². The zero-order valence-corrected chi connectivity index (χ0v) is 16.2. The smallest absolute Gasteiger partial charge is 0.265 e. The highest BCUT2D eigenvalue weighted by Crippen LogP contribution is 2.29. The van der Waals surface area contributed by atoms with Crippen molar-refractivity contribution >= 4 is 51.1 Å². The summed E-state index contributed by atoms with van der Waals surface area (Å²) in [6.45, 7) is 6.79. The van der Waals surface area contributed by atoms with Gasteiger partial charge in [-0.3, -0.25) is 10.2 Å². The van der Waals surface area contributed by atoms with E-state index in [-0.39, 0.29) is 11.9 Å². The van der Waals surface area contributed by atoms with Crippen molar-refractivity contribution < 1.29 is 9.53 Å². The average molecular weight is 502 g/mol. The number of ether oxygens (including phenoxy) is 1. The average Bonchev–Trinajstić information content (AvgIpc) is 2.38. The third-order valence-corrected chi connectivity index (χ3v) is 4.08. The zero-order valence-electron chi connectivity index (χ0n) is 11.9. The molecular weight excluding hydrogens is 482 g/mol. The van der Waals surface area contributed by atoms with E-state index in [2.05, 4.69) is 63.0 Å². The molecule has 0 saturated carbocycles. The molecule has 112 valence electrons. The van der Waals surface area contributed by atoms with E-state index in [9.17, 15) is 4.79 Å². The fraction of sp³-hybridized carbons (Fsp3) is 0.500. The summed E-state index contributed by atoms with van der Waals surface area (Å²) in [7, 11) is 0. The summed E-state index contributed by atoms with van der Waals surface area (Å²) in [6.07, 6.45) is 2.14. The first-order chi connectivity index (χ1) is 9.45. The summed E-state index contributed by atoms with van der Waals surface area (Å²) in [4.78, 5) is 12.0. The van der Waals surface area contributed by atoms with Crippen molar-refractivity contribution in [2.24, 2.45) is 0 Å². The van der Waals surface area contributed by atoms with Gasteiger partial charge in [-0.15, -0.1) is 0 Å². The number of benzene rings is 1. The molecule has 0 aliphatic rings. The number of rotatable bonds is 7. The maximum atomic E-state index is 12.0. The van der Waals surface area contributed by atoms with Gasteiger partial charge in [0.25, 0.3) is 5.91 Å². The molecule has 4 nitrogen and oxygen atoms in total. The Hall–Kier alpha value is -0.0900. The lowest BCUT2D eigenvalue weighted by Crippen LogP contribution is -2.41. The van der Waals surface area contributed by atoms with Crippen LogP contribution in [0.3, 0.4) is 0 Å². The van der Waals surface area contributed by atoms with Crippen LogP contribution < -0.4 is 15.6 Å². The SMILES string of the molecule is CCCCOc1c(I)cc(C(=O)NNC(C)C)cc1I. The number of nitrogens with one attached hydrogen (secondary N) is 2. The van der Waals surface area contributed by atoms with Crippen molar-refractivity contribution in [1.29, 1.82) is 0 Å². The summed E-state index contributed by atoms with van der Waals surface area (Å²) < 4.78 is 7.70. The van der Waals surface area contributed by atoms with Crippen molar-refractivity contribution in [3.05, 3.63) is 24.8 Å². The first kappa shape index (κ1) is 18.0. The Kier molecular flexibility index (Phi) is 8.11. The monoisotopic (exact) mass is 502 g/mol. The van der Waals surface area contributed by atoms with Gasteiger partial charge in [-0.05, 0) is 77.6 Å². The van der Waals surface area contributed by atoms with Crippen LogP contribution in [0.25, 0.3) is 0 Å². The molecule has 0 saturated heterocycles. The van der Waals surface area contributed by atoms with Gasteiger partial charge in [-0.2, -0.15) is 0 Å². The van der Waals surface area contributed by atoms with E-state index >= 15 is 0 Å². The highest BCUT2D eigenvalue weighted by atomic mass is 127. The molecule has 0 spiro atoms. The minimum Gasteiger partial charge on any atom is -0.491 e. The lowest BCUT2D eigenvalue weighted by Gasteiger charge is -2.13. The molecule has 0 unspecified atom stereocenters. The Bertz CT molecular complexity index is 441. The maximum absolute atomic E-state index is 12.0. The Morgan fingerprint density at radius 1 is 1.30 bits per heavy atom. The van der Waals surface area contributed by atoms with Crippen molar-refractivity contribution in [3.8, 4) is 5.75 Å². The first-order valence-electron chi connectivity index (χ1n) is 6.63. The molecule has 1 amide bonds. The molecule has 1 aromatic carbocycles. The number of hydrogen-bond acceptors (Lipinski definition) is 3. The summed E-state index contributed by atoms with van der Waals surface area (Å²) in [5, 5.41) is 0. The minimum atomic E-state index is -0.130. The van der Waals surface area contributed by atoms with Crippen LogP contribution in [0.15, 0.2) is 12.1 Å². The Morgan fingerprint density at radius 3 is 2.40 bits per heavy atom. The van der Waals surface area contributed by atoms with Crippen LogP contribution in [0.5, 0.6) is 5.75 Å². The fourth-order valence-corrected chi connectivity index (χ4v) is 3.51. The van der Waals surface area contributed by atoms with Crippen molar-refractivity contribution in [1.82, 2.24) is 10.9 Å². The summed E-state index contributed by atoms with van der Waals surface area (Å²) in [5.41, 5.74) is 6.23. The number of amides is 1. The van der Waals surface area contributed by atoms with E-state index in [1.165, 1.54) is 0 Å².